The van der Waals surface area contributed by atoms with Crippen molar-refractivity contribution in [2.45, 2.75) is 38.7 Å². The third kappa shape index (κ3) is 4.85. The van der Waals surface area contributed by atoms with Gasteiger partial charge in [0.25, 0.3) is 0 Å². The highest BCUT2D eigenvalue weighted by Gasteiger charge is 2.44. The van der Waals surface area contributed by atoms with Crippen LogP contribution in [0.4, 0.5) is 13.2 Å². The zero-order valence-corrected chi connectivity index (χ0v) is 20.4. The van der Waals surface area contributed by atoms with Crippen LogP contribution in [0.2, 0.25) is 5.02 Å². The molecule has 0 saturated heterocycles. The summed E-state index contributed by atoms with van der Waals surface area (Å²) in [4.78, 5) is 12.4. The van der Waals surface area contributed by atoms with Crippen LogP contribution >= 0.6 is 11.6 Å². The number of hydrogen-bond donors (Lipinski definition) is 0. The number of para-hydroxylation sites is 1. The van der Waals surface area contributed by atoms with Crippen molar-refractivity contribution in [2.24, 2.45) is 0 Å². The van der Waals surface area contributed by atoms with Crippen molar-refractivity contribution in [1.82, 2.24) is 14.8 Å². The highest BCUT2D eigenvalue weighted by Crippen LogP contribution is 2.47. The van der Waals surface area contributed by atoms with Crippen LogP contribution in [-0.4, -0.2) is 41.1 Å². The van der Waals surface area contributed by atoms with Crippen LogP contribution < -0.4 is 9.47 Å². The van der Waals surface area contributed by atoms with Crippen molar-refractivity contribution in [3.63, 3.8) is 0 Å². The lowest BCUT2D eigenvalue weighted by molar-refractivity contribution is -0.147. The molecule has 36 heavy (non-hydrogen) atoms. The highest BCUT2D eigenvalue weighted by atomic mass is 35.5. The van der Waals surface area contributed by atoms with Crippen LogP contribution in [0.3, 0.4) is 0 Å². The zero-order valence-electron chi connectivity index (χ0n) is 19.6. The summed E-state index contributed by atoms with van der Waals surface area (Å²) in [5.41, 5.74) is 0.879. The molecule has 2 atom stereocenters. The van der Waals surface area contributed by atoms with E-state index in [-0.39, 0.29) is 23.1 Å². The van der Waals surface area contributed by atoms with Crippen LogP contribution in [0.25, 0.3) is 5.69 Å². The lowest BCUT2D eigenvalue weighted by atomic mass is 9.98. The number of ether oxygens (including phenoxy) is 4. The smallest absolute Gasteiger partial charge is 0.452 e. The van der Waals surface area contributed by atoms with E-state index in [1.54, 1.807) is 32.0 Å². The maximum absolute atomic E-state index is 14.0. The average molecular weight is 526 g/mol. The van der Waals surface area contributed by atoms with Gasteiger partial charge in [-0.15, -0.1) is 10.2 Å². The first kappa shape index (κ1) is 25.8. The molecule has 12 heteroatoms. The van der Waals surface area contributed by atoms with Gasteiger partial charge >= 0.3 is 12.1 Å². The fourth-order valence-electron chi connectivity index (χ4n) is 4.11. The zero-order chi connectivity index (χ0) is 26.0. The summed E-state index contributed by atoms with van der Waals surface area (Å²) >= 11 is 6.29. The Balaban J connectivity index is 2.00. The van der Waals surface area contributed by atoms with E-state index in [1.165, 1.54) is 25.3 Å². The molecule has 1 aliphatic heterocycles. The van der Waals surface area contributed by atoms with Gasteiger partial charge in [0, 0.05) is 16.1 Å². The molecule has 0 spiro atoms. The number of rotatable bonds is 7. The van der Waals surface area contributed by atoms with Crippen molar-refractivity contribution >= 4 is 17.6 Å². The minimum atomic E-state index is -4.83. The molecule has 4 rings (SSSR count). The molecular weight excluding hydrogens is 503 g/mol. The second-order valence-electron chi connectivity index (χ2n) is 7.74. The van der Waals surface area contributed by atoms with E-state index in [0.717, 1.165) is 4.57 Å². The first-order valence-electron chi connectivity index (χ1n) is 11.1. The predicted octanol–water partition coefficient (Wildman–Crippen LogP) is 5.46. The van der Waals surface area contributed by atoms with Crippen molar-refractivity contribution < 1.29 is 36.9 Å². The topological polar surface area (TPSA) is 84.7 Å². The molecule has 0 aliphatic carbocycles. The lowest BCUT2D eigenvalue weighted by Gasteiger charge is -2.25. The summed E-state index contributed by atoms with van der Waals surface area (Å²) in [6.45, 7) is 3.80. The monoisotopic (exact) mass is 525 g/mol. The lowest BCUT2D eigenvalue weighted by Crippen LogP contribution is -2.18. The molecule has 192 valence electrons. The Labute approximate surface area is 209 Å². The maximum atomic E-state index is 14.0. The van der Waals surface area contributed by atoms with Crippen LogP contribution in [0.5, 0.6) is 11.5 Å². The maximum Gasteiger partial charge on any atom is 0.452 e. The molecule has 0 fully saturated rings. The van der Waals surface area contributed by atoms with Gasteiger partial charge in [-0.3, -0.25) is 9.36 Å². The van der Waals surface area contributed by atoms with E-state index in [9.17, 15) is 18.0 Å². The average Bonchev–Trinajstić information content (AvgIpc) is 3.23. The number of hydrogen-bond acceptors (Lipinski definition) is 7. The fourth-order valence-corrected chi connectivity index (χ4v) is 4.29. The highest BCUT2D eigenvalue weighted by molar-refractivity contribution is 6.30. The molecule has 2 heterocycles. The van der Waals surface area contributed by atoms with Gasteiger partial charge in [-0.25, -0.2) is 0 Å². The Morgan fingerprint density at radius 3 is 2.58 bits per heavy atom. The number of carbonyl (C=O) groups is 1. The normalized spacial score (nSPS) is 17.1. The Morgan fingerprint density at radius 1 is 1.14 bits per heavy atom. The number of esters is 1. The van der Waals surface area contributed by atoms with E-state index < -0.39 is 36.6 Å². The standard InChI is InChI=1S/C24H23ClF3N3O5/c1-4-34-19(32)12-18-22-29-30-23(24(26,27)28)31(22)16-10-9-13(25)11-15(16)20(36-18)14-7-6-8-17(33-3)21(14)35-5-2/h6-11,18,20H,4-5,12H2,1-3H3. The molecular formula is C24H23ClF3N3O5. The largest absolute Gasteiger partial charge is 0.493 e. The van der Waals surface area contributed by atoms with Crippen molar-refractivity contribution in [3.8, 4) is 17.2 Å². The Morgan fingerprint density at radius 2 is 1.92 bits per heavy atom. The third-order valence-corrected chi connectivity index (χ3v) is 5.74. The number of fused-ring (bicyclic) bond motifs is 3. The number of aromatic nitrogens is 3. The number of benzene rings is 2. The van der Waals surface area contributed by atoms with Crippen molar-refractivity contribution in [1.29, 1.82) is 0 Å². The van der Waals surface area contributed by atoms with Crippen LogP contribution in [0.1, 0.15) is 55.3 Å². The van der Waals surface area contributed by atoms with Gasteiger partial charge in [-0.1, -0.05) is 23.7 Å². The van der Waals surface area contributed by atoms with E-state index in [2.05, 4.69) is 10.2 Å². The number of alkyl halides is 3. The second-order valence-corrected chi connectivity index (χ2v) is 8.18. The van der Waals surface area contributed by atoms with E-state index >= 15 is 0 Å². The summed E-state index contributed by atoms with van der Waals surface area (Å²) in [7, 11) is 1.47. The molecule has 2 aromatic carbocycles. The van der Waals surface area contributed by atoms with Gasteiger partial charge in [0.2, 0.25) is 5.82 Å². The van der Waals surface area contributed by atoms with Crippen LogP contribution in [0, 0.1) is 0 Å². The van der Waals surface area contributed by atoms with Crippen molar-refractivity contribution in [3.05, 3.63) is 64.2 Å². The first-order valence-corrected chi connectivity index (χ1v) is 11.5. The Bertz CT molecular complexity index is 1260. The number of carbonyl (C=O) groups excluding carboxylic acids is 1. The summed E-state index contributed by atoms with van der Waals surface area (Å²) in [6.07, 6.45) is -7.46. The van der Waals surface area contributed by atoms with Crippen LogP contribution in [0.15, 0.2) is 36.4 Å². The number of nitrogens with zero attached hydrogens (tertiary/aromatic N) is 3. The molecule has 0 saturated carbocycles. The van der Waals surface area contributed by atoms with Gasteiger partial charge in [-0.05, 0) is 38.1 Å². The molecule has 1 aliphatic rings. The van der Waals surface area contributed by atoms with Crippen LogP contribution in [-0.2, 0) is 20.4 Å². The van der Waals surface area contributed by atoms with Gasteiger partial charge in [0.1, 0.15) is 12.2 Å². The van der Waals surface area contributed by atoms with Gasteiger partial charge in [0.15, 0.2) is 17.3 Å². The molecule has 3 aromatic rings. The molecule has 2 unspecified atom stereocenters. The predicted molar refractivity (Wildman–Crippen MR) is 122 cm³/mol. The minimum absolute atomic E-state index is 0.0929. The summed E-state index contributed by atoms with van der Waals surface area (Å²) in [5.74, 6) is -1.36. The number of halogens is 4. The summed E-state index contributed by atoms with van der Waals surface area (Å²) in [6, 6.07) is 9.51. The quantitative estimate of drug-likeness (QED) is 0.379. The fraction of sp³-hybridized carbons (Fsp3) is 0.375. The summed E-state index contributed by atoms with van der Waals surface area (Å²) in [5, 5.41) is 7.45. The molecule has 0 N–H and O–H groups in total. The minimum Gasteiger partial charge on any atom is -0.493 e. The Kier molecular flexibility index (Phi) is 7.41. The first-order chi connectivity index (χ1) is 17.2. The van der Waals surface area contributed by atoms with E-state index in [0.29, 0.717) is 29.2 Å². The van der Waals surface area contributed by atoms with Gasteiger partial charge in [0.05, 0.1) is 32.4 Å². The summed E-state index contributed by atoms with van der Waals surface area (Å²) < 4.78 is 65.5. The second kappa shape index (κ2) is 10.4. The molecule has 0 amide bonds. The van der Waals surface area contributed by atoms with Crippen molar-refractivity contribution in [2.75, 3.05) is 20.3 Å². The molecule has 0 radical (unpaired) electrons. The molecule has 1 aromatic heterocycles. The van der Waals surface area contributed by atoms with Gasteiger partial charge in [-0.2, -0.15) is 13.2 Å². The number of methoxy groups -OCH3 is 1. The van der Waals surface area contributed by atoms with E-state index in [4.69, 9.17) is 30.5 Å². The van der Waals surface area contributed by atoms with Gasteiger partial charge < -0.3 is 18.9 Å². The third-order valence-electron chi connectivity index (χ3n) is 5.50. The van der Waals surface area contributed by atoms with E-state index in [1.807, 2.05) is 0 Å². The molecule has 8 nitrogen and oxygen atoms in total. The molecule has 0 bridgehead atoms. The Hall–Kier alpha value is -3.31. The SMILES string of the molecule is CCOC(=O)CC1OC(c2cccc(OC)c2OCC)c2cc(Cl)ccc2-n2c1nnc2C(F)(F)F.